The Morgan fingerprint density at radius 1 is 1.57 bits per heavy atom. The maximum atomic E-state index is 5.49. The Labute approximate surface area is 52.8 Å². The standard InChI is InChI=1S/C5H7NTe/c1-4-2-3-5(6)7-4/h2-3H,6H2,1H3. The van der Waals surface area contributed by atoms with Gasteiger partial charge in [-0.25, -0.2) is 0 Å². The maximum absolute atomic E-state index is 5.49. The number of rotatable bonds is 0. The normalized spacial score (nSPS) is 9.29. The van der Waals surface area contributed by atoms with E-state index in [-0.39, 0.29) is 20.4 Å². The molecule has 2 N–H and O–H groups in total. The molecular weight excluding hydrogens is 202 g/mol. The number of anilines is 1. The van der Waals surface area contributed by atoms with E-state index in [1.807, 2.05) is 6.07 Å². The summed E-state index contributed by atoms with van der Waals surface area (Å²) in [5, 5.41) is 0. The Morgan fingerprint density at radius 2 is 2.29 bits per heavy atom. The van der Waals surface area contributed by atoms with Crippen LogP contribution in [-0.4, -0.2) is 20.4 Å². The second-order valence-electron chi connectivity index (χ2n) is 1.45. The molecule has 1 heterocycles. The molecule has 0 radical (unpaired) electrons. The van der Waals surface area contributed by atoms with Gasteiger partial charge in [-0.3, -0.25) is 0 Å². The quantitative estimate of drug-likeness (QED) is 0.623. The summed E-state index contributed by atoms with van der Waals surface area (Å²) in [4.78, 5) is 0. The van der Waals surface area contributed by atoms with Crippen molar-refractivity contribution < 1.29 is 0 Å². The second-order valence-corrected chi connectivity index (χ2v) is 5.21. The Morgan fingerprint density at radius 3 is 2.43 bits per heavy atom. The Kier molecular flexibility index (Phi) is 1.41. The van der Waals surface area contributed by atoms with Crippen LogP contribution in [0.5, 0.6) is 0 Å². The minimum atomic E-state index is -0.0389. The van der Waals surface area contributed by atoms with Crippen molar-refractivity contribution in [3.8, 4) is 0 Å². The number of nitrogen functional groups attached to an aromatic ring is 1. The summed E-state index contributed by atoms with van der Waals surface area (Å²) in [6.07, 6.45) is 0. The van der Waals surface area contributed by atoms with E-state index < -0.39 is 0 Å². The monoisotopic (exact) mass is 211 g/mol. The van der Waals surface area contributed by atoms with Crippen LogP contribution in [0, 0.1) is 6.92 Å². The zero-order chi connectivity index (χ0) is 5.28. The van der Waals surface area contributed by atoms with Crippen molar-refractivity contribution in [1.29, 1.82) is 0 Å². The predicted octanol–water partition coefficient (Wildman–Crippen LogP) is 0.634. The van der Waals surface area contributed by atoms with Gasteiger partial charge in [0.2, 0.25) is 0 Å². The first-order valence-corrected chi connectivity index (χ1v) is 4.44. The van der Waals surface area contributed by atoms with E-state index in [1.54, 1.807) is 0 Å². The van der Waals surface area contributed by atoms with Gasteiger partial charge in [-0.15, -0.1) is 0 Å². The van der Waals surface area contributed by atoms with Crippen molar-refractivity contribution in [2.24, 2.45) is 0 Å². The summed E-state index contributed by atoms with van der Waals surface area (Å²) in [5.41, 5.74) is 5.49. The topological polar surface area (TPSA) is 26.0 Å². The number of aryl methyl sites for hydroxylation is 1. The molecule has 1 nitrogen and oxygen atoms in total. The van der Waals surface area contributed by atoms with E-state index >= 15 is 0 Å². The Bertz CT molecular complexity index is 140. The van der Waals surface area contributed by atoms with Crippen molar-refractivity contribution >= 4 is 24.1 Å². The third-order valence-corrected chi connectivity index (χ3v) is 3.13. The molecule has 0 aromatic carbocycles. The molecule has 0 aliphatic carbocycles. The van der Waals surface area contributed by atoms with Gasteiger partial charge in [-0.2, -0.15) is 0 Å². The molecule has 0 spiro atoms. The fraction of sp³-hybridized carbons (Fsp3) is 0.200. The van der Waals surface area contributed by atoms with Crippen LogP contribution in [0.3, 0.4) is 0 Å². The molecule has 0 atom stereocenters. The molecule has 2 heteroatoms. The summed E-state index contributed by atoms with van der Waals surface area (Å²) >= 11 is -0.0389. The number of hydrogen-bond acceptors (Lipinski definition) is 1. The van der Waals surface area contributed by atoms with Gasteiger partial charge in [-0.05, 0) is 0 Å². The van der Waals surface area contributed by atoms with E-state index in [9.17, 15) is 0 Å². The molecule has 0 saturated carbocycles. The average Bonchev–Trinajstić information content (AvgIpc) is 1.87. The average molecular weight is 209 g/mol. The molecule has 0 aliphatic heterocycles. The molecule has 0 amide bonds. The number of hydrogen-bond donors (Lipinski definition) is 1. The molecule has 38 valence electrons. The van der Waals surface area contributed by atoms with Crippen LogP contribution in [0.1, 0.15) is 3.58 Å². The third-order valence-electron chi connectivity index (χ3n) is 0.761. The first kappa shape index (κ1) is 5.21. The molecule has 0 aliphatic rings. The molecule has 1 aromatic heterocycles. The van der Waals surface area contributed by atoms with Crippen LogP contribution in [0.25, 0.3) is 0 Å². The van der Waals surface area contributed by atoms with Gasteiger partial charge >= 0.3 is 52.5 Å². The van der Waals surface area contributed by atoms with Gasteiger partial charge in [0, 0.05) is 0 Å². The Balaban J connectivity index is 3.04. The van der Waals surface area contributed by atoms with Gasteiger partial charge in [-0.1, -0.05) is 0 Å². The van der Waals surface area contributed by atoms with Crippen LogP contribution in [0.15, 0.2) is 12.1 Å². The fourth-order valence-electron chi connectivity index (χ4n) is 0.453. The van der Waals surface area contributed by atoms with E-state index in [0.717, 1.165) is 3.70 Å². The van der Waals surface area contributed by atoms with Crippen molar-refractivity contribution in [3.05, 3.63) is 15.7 Å². The van der Waals surface area contributed by atoms with E-state index in [0.29, 0.717) is 0 Å². The molecule has 0 saturated heterocycles. The molecule has 1 aromatic rings. The van der Waals surface area contributed by atoms with Crippen LogP contribution in [-0.2, 0) is 0 Å². The summed E-state index contributed by atoms with van der Waals surface area (Å²) < 4.78 is 2.60. The summed E-state index contributed by atoms with van der Waals surface area (Å²) in [5.74, 6) is 0. The summed E-state index contributed by atoms with van der Waals surface area (Å²) in [6, 6.07) is 4.12. The van der Waals surface area contributed by atoms with Crippen molar-refractivity contribution in [2.75, 3.05) is 5.73 Å². The predicted molar refractivity (Wildman–Crippen MR) is 32.5 cm³/mol. The zero-order valence-electron chi connectivity index (χ0n) is 4.14. The van der Waals surface area contributed by atoms with Gasteiger partial charge in [0.1, 0.15) is 0 Å². The molecular formula is C5H7NTe. The van der Waals surface area contributed by atoms with E-state index in [1.165, 1.54) is 3.58 Å². The fourth-order valence-corrected chi connectivity index (χ4v) is 2.29. The third kappa shape index (κ3) is 1.22. The molecule has 0 bridgehead atoms. The van der Waals surface area contributed by atoms with Crippen LogP contribution >= 0.6 is 0 Å². The molecule has 7 heavy (non-hydrogen) atoms. The number of nitrogens with two attached hydrogens (primary N) is 1. The zero-order valence-corrected chi connectivity index (χ0v) is 6.47. The van der Waals surface area contributed by atoms with Gasteiger partial charge in [0.25, 0.3) is 0 Å². The second kappa shape index (κ2) is 1.90. The molecule has 0 fully saturated rings. The molecule has 0 unspecified atom stereocenters. The van der Waals surface area contributed by atoms with Crippen molar-refractivity contribution in [2.45, 2.75) is 6.92 Å². The van der Waals surface area contributed by atoms with Crippen LogP contribution in [0.2, 0.25) is 0 Å². The first-order chi connectivity index (χ1) is 3.29. The SMILES string of the molecule is Cc1ccc(N)[te]1. The van der Waals surface area contributed by atoms with Gasteiger partial charge in [0.05, 0.1) is 0 Å². The minimum absolute atomic E-state index is 0.0389. The van der Waals surface area contributed by atoms with Gasteiger partial charge < -0.3 is 0 Å². The Hall–Kier alpha value is 0.0696. The van der Waals surface area contributed by atoms with E-state index in [2.05, 4.69) is 13.0 Å². The summed E-state index contributed by atoms with van der Waals surface area (Å²) in [7, 11) is 0. The van der Waals surface area contributed by atoms with Gasteiger partial charge in [0.15, 0.2) is 0 Å². The summed E-state index contributed by atoms with van der Waals surface area (Å²) in [6.45, 7) is 2.14. The van der Waals surface area contributed by atoms with Crippen LogP contribution in [0.4, 0.5) is 3.70 Å². The van der Waals surface area contributed by atoms with Crippen molar-refractivity contribution in [1.82, 2.24) is 0 Å². The van der Waals surface area contributed by atoms with E-state index in [4.69, 9.17) is 5.73 Å². The van der Waals surface area contributed by atoms with Crippen LogP contribution < -0.4 is 5.73 Å². The molecule has 1 rings (SSSR count). The first-order valence-electron chi connectivity index (χ1n) is 2.11. The van der Waals surface area contributed by atoms with Crippen molar-refractivity contribution in [3.63, 3.8) is 0 Å².